The van der Waals surface area contributed by atoms with Gasteiger partial charge in [0.05, 0.1) is 5.02 Å². The summed E-state index contributed by atoms with van der Waals surface area (Å²) in [5.74, 6) is 0. The van der Waals surface area contributed by atoms with Crippen molar-refractivity contribution in [3.8, 4) is 0 Å². The maximum atomic E-state index is 6.29. The van der Waals surface area contributed by atoms with Crippen molar-refractivity contribution >= 4 is 39.3 Å². The smallest absolute Gasteiger partial charge is 0.0548 e. The van der Waals surface area contributed by atoms with Crippen LogP contribution in [0.15, 0.2) is 56.7 Å². The fraction of sp³-hybridized carbons (Fsp3) is 0.143. The SMILES string of the molecule is NCCc1cccc(Cl)c1Sc1ccccc1Br. The highest BCUT2D eigenvalue weighted by Crippen LogP contribution is 2.39. The molecule has 0 unspecified atom stereocenters. The van der Waals surface area contributed by atoms with E-state index in [2.05, 4.69) is 28.1 Å². The van der Waals surface area contributed by atoms with Crippen LogP contribution in [-0.2, 0) is 6.42 Å². The van der Waals surface area contributed by atoms with E-state index in [4.69, 9.17) is 17.3 Å². The largest absolute Gasteiger partial charge is 0.330 e. The first-order chi connectivity index (χ1) is 8.72. The molecule has 0 fully saturated rings. The molecule has 2 aromatic carbocycles. The number of nitrogens with two attached hydrogens (primary N) is 1. The van der Waals surface area contributed by atoms with Crippen LogP contribution in [0.2, 0.25) is 5.02 Å². The minimum Gasteiger partial charge on any atom is -0.330 e. The molecule has 0 aliphatic heterocycles. The lowest BCUT2D eigenvalue weighted by Gasteiger charge is -2.11. The molecule has 1 nitrogen and oxygen atoms in total. The first-order valence-electron chi connectivity index (χ1n) is 5.62. The van der Waals surface area contributed by atoms with E-state index < -0.39 is 0 Å². The fourth-order valence-electron chi connectivity index (χ4n) is 1.66. The highest BCUT2D eigenvalue weighted by molar-refractivity contribution is 9.10. The molecule has 4 heteroatoms. The average molecular weight is 343 g/mol. The minimum absolute atomic E-state index is 0.629. The number of hydrogen-bond acceptors (Lipinski definition) is 2. The Morgan fingerprint density at radius 1 is 1.11 bits per heavy atom. The van der Waals surface area contributed by atoms with Gasteiger partial charge in [-0.3, -0.25) is 0 Å². The van der Waals surface area contributed by atoms with E-state index in [9.17, 15) is 0 Å². The van der Waals surface area contributed by atoms with Crippen molar-refractivity contribution in [1.29, 1.82) is 0 Å². The van der Waals surface area contributed by atoms with Gasteiger partial charge in [0, 0.05) is 14.3 Å². The lowest BCUT2D eigenvalue weighted by molar-refractivity contribution is 0.944. The summed E-state index contributed by atoms with van der Waals surface area (Å²) in [6, 6.07) is 14.1. The Balaban J connectivity index is 2.36. The van der Waals surface area contributed by atoms with Crippen molar-refractivity contribution in [2.45, 2.75) is 16.2 Å². The van der Waals surface area contributed by atoms with E-state index in [1.807, 2.05) is 30.3 Å². The lowest BCUT2D eigenvalue weighted by Crippen LogP contribution is -2.03. The van der Waals surface area contributed by atoms with Gasteiger partial charge in [0.2, 0.25) is 0 Å². The second-order valence-corrected chi connectivity index (χ2v) is 6.11. The summed E-state index contributed by atoms with van der Waals surface area (Å²) in [7, 11) is 0. The van der Waals surface area contributed by atoms with Crippen LogP contribution in [0.25, 0.3) is 0 Å². The zero-order valence-corrected chi connectivity index (χ0v) is 12.9. The molecule has 0 atom stereocenters. The summed E-state index contributed by atoms with van der Waals surface area (Å²) < 4.78 is 1.08. The van der Waals surface area contributed by atoms with Gasteiger partial charge >= 0.3 is 0 Å². The topological polar surface area (TPSA) is 26.0 Å². The molecule has 0 bridgehead atoms. The van der Waals surface area contributed by atoms with Gasteiger partial charge in [-0.15, -0.1) is 0 Å². The van der Waals surface area contributed by atoms with Crippen LogP contribution in [0, 0.1) is 0 Å². The molecule has 0 radical (unpaired) electrons. The summed E-state index contributed by atoms with van der Waals surface area (Å²) in [5.41, 5.74) is 6.84. The van der Waals surface area contributed by atoms with Crippen LogP contribution in [0.4, 0.5) is 0 Å². The number of benzene rings is 2. The summed E-state index contributed by atoms with van der Waals surface area (Å²) in [5, 5.41) is 0.779. The second-order valence-electron chi connectivity index (χ2n) is 3.80. The third kappa shape index (κ3) is 3.29. The molecule has 0 heterocycles. The lowest BCUT2D eigenvalue weighted by atomic mass is 10.1. The number of rotatable bonds is 4. The Labute approximate surface area is 125 Å². The van der Waals surface area contributed by atoms with Gasteiger partial charge in [-0.1, -0.05) is 47.6 Å². The summed E-state index contributed by atoms with van der Waals surface area (Å²) >= 11 is 11.5. The van der Waals surface area contributed by atoms with Crippen molar-refractivity contribution in [3.05, 3.63) is 57.5 Å². The maximum Gasteiger partial charge on any atom is 0.0548 e. The summed E-state index contributed by atoms with van der Waals surface area (Å²) in [6.07, 6.45) is 0.841. The molecule has 0 spiro atoms. The monoisotopic (exact) mass is 341 g/mol. The van der Waals surface area contributed by atoms with Gasteiger partial charge in [0.25, 0.3) is 0 Å². The van der Waals surface area contributed by atoms with Crippen molar-refractivity contribution in [2.75, 3.05) is 6.54 Å². The Morgan fingerprint density at radius 2 is 1.89 bits per heavy atom. The van der Waals surface area contributed by atoms with Crippen molar-refractivity contribution in [2.24, 2.45) is 5.73 Å². The standard InChI is InChI=1S/C14H13BrClNS/c15-11-5-1-2-7-13(11)18-14-10(8-9-17)4-3-6-12(14)16/h1-7H,8-9,17H2. The zero-order valence-electron chi connectivity index (χ0n) is 9.70. The number of hydrogen-bond donors (Lipinski definition) is 1. The van der Waals surface area contributed by atoms with E-state index in [-0.39, 0.29) is 0 Å². The van der Waals surface area contributed by atoms with Crippen LogP contribution in [0.5, 0.6) is 0 Å². The highest BCUT2D eigenvalue weighted by Gasteiger charge is 2.10. The molecule has 0 aromatic heterocycles. The van der Waals surface area contributed by atoms with Gasteiger partial charge < -0.3 is 5.73 Å². The maximum absolute atomic E-state index is 6.29. The Morgan fingerprint density at radius 3 is 2.61 bits per heavy atom. The molecule has 2 aromatic rings. The summed E-state index contributed by atoms with van der Waals surface area (Å²) in [4.78, 5) is 2.25. The van der Waals surface area contributed by atoms with Gasteiger partial charge in [-0.05, 0) is 52.7 Å². The minimum atomic E-state index is 0.629. The number of halogens is 2. The second kappa shape index (κ2) is 6.62. The van der Waals surface area contributed by atoms with E-state index in [1.165, 1.54) is 5.56 Å². The predicted molar refractivity (Wildman–Crippen MR) is 82.5 cm³/mol. The van der Waals surface area contributed by atoms with Crippen LogP contribution >= 0.6 is 39.3 Å². The van der Waals surface area contributed by atoms with Crippen molar-refractivity contribution < 1.29 is 0 Å². The van der Waals surface area contributed by atoms with Gasteiger partial charge in [-0.2, -0.15) is 0 Å². The fourth-order valence-corrected chi connectivity index (χ4v) is 3.49. The average Bonchev–Trinajstić information content (AvgIpc) is 2.36. The highest BCUT2D eigenvalue weighted by atomic mass is 79.9. The van der Waals surface area contributed by atoms with E-state index in [0.717, 1.165) is 25.7 Å². The van der Waals surface area contributed by atoms with Crippen LogP contribution in [0.1, 0.15) is 5.56 Å². The molecule has 0 aliphatic carbocycles. The Kier molecular flexibility index (Phi) is 5.13. The van der Waals surface area contributed by atoms with Crippen molar-refractivity contribution in [3.63, 3.8) is 0 Å². The first-order valence-corrected chi connectivity index (χ1v) is 7.61. The van der Waals surface area contributed by atoms with Crippen LogP contribution < -0.4 is 5.73 Å². The molecule has 18 heavy (non-hydrogen) atoms. The Hall–Kier alpha value is -0.480. The predicted octanol–water partition coefficient (Wildman–Crippen LogP) is 4.75. The molecule has 94 valence electrons. The quantitative estimate of drug-likeness (QED) is 0.867. The molecule has 2 N–H and O–H groups in total. The molecule has 0 amide bonds. The molecular formula is C14H13BrClNS. The molecular weight excluding hydrogens is 330 g/mol. The molecule has 2 rings (SSSR count). The van der Waals surface area contributed by atoms with Crippen LogP contribution in [0.3, 0.4) is 0 Å². The molecule has 0 saturated carbocycles. The Bertz CT molecular complexity index is 545. The van der Waals surface area contributed by atoms with E-state index in [1.54, 1.807) is 11.8 Å². The zero-order chi connectivity index (χ0) is 13.0. The van der Waals surface area contributed by atoms with Gasteiger partial charge in [0.15, 0.2) is 0 Å². The van der Waals surface area contributed by atoms with Crippen molar-refractivity contribution in [1.82, 2.24) is 0 Å². The molecule has 0 aliphatic rings. The van der Waals surface area contributed by atoms with E-state index in [0.29, 0.717) is 6.54 Å². The van der Waals surface area contributed by atoms with Gasteiger partial charge in [0.1, 0.15) is 0 Å². The van der Waals surface area contributed by atoms with Gasteiger partial charge in [-0.25, -0.2) is 0 Å². The molecule has 0 saturated heterocycles. The third-order valence-electron chi connectivity index (χ3n) is 2.51. The third-order valence-corrected chi connectivity index (χ3v) is 5.15. The van der Waals surface area contributed by atoms with E-state index >= 15 is 0 Å². The summed E-state index contributed by atoms with van der Waals surface area (Å²) in [6.45, 7) is 0.629. The normalized spacial score (nSPS) is 10.6. The van der Waals surface area contributed by atoms with Crippen LogP contribution in [-0.4, -0.2) is 6.54 Å². The first kappa shape index (κ1) is 13.9.